The van der Waals surface area contributed by atoms with Crippen LogP contribution in [0.5, 0.6) is 0 Å². The van der Waals surface area contributed by atoms with Gasteiger partial charge in [0.25, 0.3) is 0 Å². The summed E-state index contributed by atoms with van der Waals surface area (Å²) in [5, 5.41) is 14.0. The molecular formula is C12H16BrN3O3. The van der Waals surface area contributed by atoms with E-state index in [9.17, 15) is 10.1 Å². The van der Waals surface area contributed by atoms with Gasteiger partial charge in [-0.15, -0.1) is 0 Å². The van der Waals surface area contributed by atoms with Crippen molar-refractivity contribution in [2.75, 3.05) is 18.5 Å². The largest absolute Gasteiger partial charge is 0.378 e. The Balaban J connectivity index is 2.05. The summed E-state index contributed by atoms with van der Waals surface area (Å²) >= 11 is 3.19. The summed E-state index contributed by atoms with van der Waals surface area (Å²) in [6, 6.07) is 1.46. The molecule has 7 heteroatoms. The number of aromatic nitrogens is 1. The number of anilines is 1. The van der Waals surface area contributed by atoms with Crippen molar-refractivity contribution in [1.29, 1.82) is 0 Å². The lowest BCUT2D eigenvalue weighted by Crippen LogP contribution is -2.23. The number of nitrogens with zero attached hydrogens (tertiary/aromatic N) is 2. The van der Waals surface area contributed by atoms with Crippen LogP contribution in [0, 0.1) is 16.0 Å². The van der Waals surface area contributed by atoms with Crippen molar-refractivity contribution in [3.63, 3.8) is 0 Å². The maximum atomic E-state index is 11.0. The Morgan fingerprint density at radius 2 is 2.47 bits per heavy atom. The van der Waals surface area contributed by atoms with Crippen molar-refractivity contribution >= 4 is 27.4 Å². The summed E-state index contributed by atoms with van der Waals surface area (Å²) in [7, 11) is 0. The highest BCUT2D eigenvalue weighted by Crippen LogP contribution is 2.28. The van der Waals surface area contributed by atoms with Gasteiger partial charge in [-0.25, -0.2) is 4.98 Å². The average molecular weight is 330 g/mol. The Bertz CT molecular complexity index is 470. The predicted molar refractivity (Wildman–Crippen MR) is 75.2 cm³/mol. The summed E-state index contributed by atoms with van der Waals surface area (Å²) < 4.78 is 6.20. The van der Waals surface area contributed by atoms with E-state index >= 15 is 0 Å². The smallest absolute Gasteiger partial charge is 0.312 e. The van der Waals surface area contributed by atoms with Crippen LogP contribution in [-0.4, -0.2) is 29.2 Å². The van der Waals surface area contributed by atoms with E-state index in [0.717, 1.165) is 19.4 Å². The van der Waals surface area contributed by atoms with Gasteiger partial charge in [0.15, 0.2) is 0 Å². The summed E-state index contributed by atoms with van der Waals surface area (Å²) in [5.74, 6) is 0.699. The molecule has 19 heavy (non-hydrogen) atoms. The highest BCUT2D eigenvalue weighted by atomic mass is 79.9. The first kappa shape index (κ1) is 14.2. The van der Waals surface area contributed by atoms with Gasteiger partial charge in [-0.2, -0.15) is 0 Å². The molecule has 0 radical (unpaired) electrons. The van der Waals surface area contributed by atoms with E-state index in [2.05, 4.69) is 33.2 Å². The first-order chi connectivity index (χ1) is 9.11. The molecule has 1 N–H and O–H groups in total. The van der Waals surface area contributed by atoms with Gasteiger partial charge in [-0.1, -0.05) is 6.92 Å². The number of nitrogens with one attached hydrogen (secondary N) is 1. The lowest BCUT2D eigenvalue weighted by Gasteiger charge is -2.17. The van der Waals surface area contributed by atoms with Crippen LogP contribution in [0.3, 0.4) is 0 Å². The van der Waals surface area contributed by atoms with Crippen LogP contribution in [0.1, 0.15) is 19.8 Å². The monoisotopic (exact) mass is 329 g/mol. The van der Waals surface area contributed by atoms with E-state index in [1.807, 2.05) is 0 Å². The zero-order chi connectivity index (χ0) is 13.8. The van der Waals surface area contributed by atoms with E-state index < -0.39 is 4.92 Å². The van der Waals surface area contributed by atoms with E-state index in [-0.39, 0.29) is 11.8 Å². The molecule has 1 saturated heterocycles. The first-order valence-corrected chi connectivity index (χ1v) is 7.06. The lowest BCUT2D eigenvalue weighted by atomic mass is 10.00. The van der Waals surface area contributed by atoms with Crippen LogP contribution < -0.4 is 5.32 Å². The molecule has 2 rings (SSSR count). The van der Waals surface area contributed by atoms with Crippen LogP contribution in [0.15, 0.2) is 16.7 Å². The third-order valence-corrected chi connectivity index (χ3v) is 3.74. The fourth-order valence-electron chi connectivity index (χ4n) is 2.31. The van der Waals surface area contributed by atoms with Crippen LogP contribution >= 0.6 is 15.9 Å². The summed E-state index contributed by atoms with van der Waals surface area (Å²) in [4.78, 5) is 14.6. The molecule has 1 aromatic heterocycles. The molecule has 1 aliphatic rings. The van der Waals surface area contributed by atoms with Gasteiger partial charge < -0.3 is 10.1 Å². The van der Waals surface area contributed by atoms with Crippen LogP contribution in [0.2, 0.25) is 0 Å². The number of pyridine rings is 1. The second-order valence-electron chi connectivity index (χ2n) is 4.53. The second-order valence-corrected chi connectivity index (χ2v) is 5.44. The molecule has 1 aliphatic heterocycles. The van der Waals surface area contributed by atoms with E-state index in [4.69, 9.17) is 4.74 Å². The maximum absolute atomic E-state index is 11.0. The van der Waals surface area contributed by atoms with Gasteiger partial charge in [-0.3, -0.25) is 10.1 Å². The van der Waals surface area contributed by atoms with Crippen LogP contribution in [-0.2, 0) is 4.74 Å². The maximum Gasteiger partial charge on any atom is 0.312 e. The minimum absolute atomic E-state index is 0.0126. The minimum atomic E-state index is -0.428. The number of hydrogen-bond acceptors (Lipinski definition) is 5. The van der Waals surface area contributed by atoms with Crippen molar-refractivity contribution in [2.45, 2.75) is 25.9 Å². The van der Waals surface area contributed by atoms with Crippen molar-refractivity contribution in [3.05, 3.63) is 26.9 Å². The molecule has 0 aliphatic carbocycles. The standard InChI is InChI=1S/C12H16BrN3O3/c1-2-11-8(3-4-19-11)6-14-12-10(16(17)18)5-9(13)7-15-12/h5,7-8,11H,2-4,6H2,1H3,(H,14,15). The molecule has 0 amide bonds. The van der Waals surface area contributed by atoms with Crippen molar-refractivity contribution in [1.82, 2.24) is 4.98 Å². The first-order valence-electron chi connectivity index (χ1n) is 6.27. The molecule has 2 atom stereocenters. The Kier molecular flexibility index (Phi) is 4.71. The van der Waals surface area contributed by atoms with E-state index in [1.54, 1.807) is 6.20 Å². The molecule has 6 nitrogen and oxygen atoms in total. The minimum Gasteiger partial charge on any atom is -0.378 e. The highest BCUT2D eigenvalue weighted by Gasteiger charge is 2.27. The summed E-state index contributed by atoms with van der Waals surface area (Å²) in [5.41, 5.74) is -0.0126. The SMILES string of the molecule is CCC1OCCC1CNc1ncc(Br)cc1[N+](=O)[O-]. The quantitative estimate of drug-likeness (QED) is 0.663. The summed E-state index contributed by atoms with van der Waals surface area (Å²) in [6.07, 6.45) is 3.73. The van der Waals surface area contributed by atoms with Crippen molar-refractivity contribution in [3.8, 4) is 0 Å². The molecule has 1 aromatic rings. The Labute approximate surface area is 119 Å². The highest BCUT2D eigenvalue weighted by molar-refractivity contribution is 9.10. The Morgan fingerprint density at radius 3 is 3.16 bits per heavy atom. The van der Waals surface area contributed by atoms with Crippen LogP contribution in [0.4, 0.5) is 11.5 Å². The number of ether oxygens (including phenoxy) is 1. The molecule has 104 valence electrons. The third kappa shape index (κ3) is 3.42. The fraction of sp³-hybridized carbons (Fsp3) is 0.583. The predicted octanol–water partition coefficient (Wildman–Crippen LogP) is 2.98. The lowest BCUT2D eigenvalue weighted by molar-refractivity contribution is -0.384. The van der Waals surface area contributed by atoms with Gasteiger partial charge in [0.2, 0.25) is 5.82 Å². The molecule has 1 fully saturated rings. The molecule has 0 spiro atoms. The Hall–Kier alpha value is -1.21. The second kappa shape index (κ2) is 6.29. The normalized spacial score (nSPS) is 22.4. The topological polar surface area (TPSA) is 77.3 Å². The summed E-state index contributed by atoms with van der Waals surface area (Å²) in [6.45, 7) is 3.50. The van der Waals surface area contributed by atoms with Gasteiger partial charge in [-0.05, 0) is 28.8 Å². The molecule has 2 unspecified atom stereocenters. The fourth-order valence-corrected chi connectivity index (χ4v) is 2.63. The van der Waals surface area contributed by atoms with Crippen molar-refractivity contribution in [2.24, 2.45) is 5.92 Å². The molecule has 0 aromatic carbocycles. The Morgan fingerprint density at radius 1 is 1.68 bits per heavy atom. The molecular weight excluding hydrogens is 314 g/mol. The zero-order valence-corrected chi connectivity index (χ0v) is 12.2. The van der Waals surface area contributed by atoms with Gasteiger partial charge in [0.1, 0.15) is 0 Å². The van der Waals surface area contributed by atoms with Gasteiger partial charge in [0.05, 0.1) is 11.0 Å². The number of hydrogen-bond donors (Lipinski definition) is 1. The third-order valence-electron chi connectivity index (χ3n) is 3.31. The van der Waals surface area contributed by atoms with Gasteiger partial charge in [0, 0.05) is 35.8 Å². The number of nitro groups is 1. The van der Waals surface area contributed by atoms with E-state index in [1.165, 1.54) is 6.07 Å². The molecule has 2 heterocycles. The van der Waals surface area contributed by atoms with Gasteiger partial charge >= 0.3 is 5.69 Å². The zero-order valence-electron chi connectivity index (χ0n) is 10.6. The molecule has 0 saturated carbocycles. The van der Waals surface area contributed by atoms with Crippen LogP contribution in [0.25, 0.3) is 0 Å². The van der Waals surface area contributed by atoms with E-state index in [0.29, 0.717) is 22.8 Å². The number of rotatable bonds is 5. The number of halogens is 1. The average Bonchev–Trinajstić information content (AvgIpc) is 2.84. The van der Waals surface area contributed by atoms with Crippen molar-refractivity contribution < 1.29 is 9.66 Å². The molecule has 0 bridgehead atoms.